The van der Waals surface area contributed by atoms with Crippen molar-refractivity contribution >= 4 is 53.3 Å². The third-order valence-electron chi connectivity index (χ3n) is 2.63. The first-order valence-corrected chi connectivity index (χ1v) is 8.70. The Labute approximate surface area is 134 Å². The van der Waals surface area contributed by atoms with Gasteiger partial charge in [-0.05, 0) is 64.8 Å². The molecule has 0 saturated heterocycles. The van der Waals surface area contributed by atoms with E-state index in [-0.39, 0.29) is 4.90 Å². The molecular formula is C13H12Br2N2O2S. The third-order valence-corrected chi connectivity index (χ3v) is 5.15. The maximum atomic E-state index is 12.3. The Morgan fingerprint density at radius 2 is 1.70 bits per heavy atom. The molecule has 0 aliphatic heterocycles. The summed E-state index contributed by atoms with van der Waals surface area (Å²) in [6, 6.07) is 9.89. The summed E-state index contributed by atoms with van der Waals surface area (Å²) in [4.78, 5) is 0.174. The summed E-state index contributed by atoms with van der Waals surface area (Å²) in [6.07, 6.45) is 0. The lowest BCUT2D eigenvalue weighted by Gasteiger charge is -2.13. The molecule has 106 valence electrons. The van der Waals surface area contributed by atoms with Gasteiger partial charge in [0.05, 0.1) is 16.3 Å². The highest BCUT2D eigenvalue weighted by Crippen LogP contribution is 2.32. The number of nitrogens with one attached hydrogen (secondary N) is 1. The van der Waals surface area contributed by atoms with Crippen LogP contribution in [-0.2, 0) is 10.0 Å². The van der Waals surface area contributed by atoms with Gasteiger partial charge in [-0.15, -0.1) is 0 Å². The zero-order valence-corrected chi connectivity index (χ0v) is 14.5. The topological polar surface area (TPSA) is 72.2 Å². The van der Waals surface area contributed by atoms with E-state index in [0.29, 0.717) is 15.8 Å². The van der Waals surface area contributed by atoms with Crippen molar-refractivity contribution in [2.45, 2.75) is 11.8 Å². The van der Waals surface area contributed by atoms with Gasteiger partial charge in [-0.3, -0.25) is 4.72 Å². The summed E-state index contributed by atoms with van der Waals surface area (Å²) in [7, 11) is -3.67. The summed E-state index contributed by atoms with van der Waals surface area (Å²) in [5.74, 6) is 0. The zero-order chi connectivity index (χ0) is 14.9. The monoisotopic (exact) mass is 418 g/mol. The van der Waals surface area contributed by atoms with E-state index in [0.717, 1.165) is 10.0 Å². The van der Waals surface area contributed by atoms with Crippen LogP contribution in [0, 0.1) is 6.92 Å². The maximum Gasteiger partial charge on any atom is 0.261 e. The molecule has 0 aliphatic carbocycles. The van der Waals surface area contributed by atoms with Crippen LogP contribution in [-0.4, -0.2) is 8.42 Å². The summed E-state index contributed by atoms with van der Waals surface area (Å²) in [5, 5.41) is 0. The maximum absolute atomic E-state index is 12.3. The first kappa shape index (κ1) is 15.3. The van der Waals surface area contributed by atoms with Crippen LogP contribution in [0.5, 0.6) is 0 Å². The fourth-order valence-corrected chi connectivity index (χ4v) is 3.88. The molecule has 0 fully saturated rings. The van der Waals surface area contributed by atoms with Gasteiger partial charge in [0.25, 0.3) is 10.0 Å². The van der Waals surface area contributed by atoms with Crippen LogP contribution in [0.25, 0.3) is 0 Å². The van der Waals surface area contributed by atoms with Crippen LogP contribution in [0.2, 0.25) is 0 Å². The van der Waals surface area contributed by atoms with Crippen molar-refractivity contribution in [3.05, 3.63) is 50.9 Å². The Bertz CT molecular complexity index is 720. The van der Waals surface area contributed by atoms with E-state index >= 15 is 0 Å². The highest BCUT2D eigenvalue weighted by atomic mass is 79.9. The lowest BCUT2D eigenvalue weighted by molar-refractivity contribution is 0.601. The quantitative estimate of drug-likeness (QED) is 0.741. The largest absolute Gasteiger partial charge is 0.397 e. The zero-order valence-electron chi connectivity index (χ0n) is 10.5. The lowest BCUT2D eigenvalue weighted by atomic mass is 10.2. The van der Waals surface area contributed by atoms with Crippen LogP contribution in [0.4, 0.5) is 11.4 Å². The molecule has 0 spiro atoms. The molecule has 0 bridgehead atoms. The van der Waals surface area contributed by atoms with E-state index in [4.69, 9.17) is 5.73 Å². The number of benzene rings is 2. The molecule has 0 atom stereocenters. The normalized spacial score (nSPS) is 11.3. The molecule has 0 unspecified atom stereocenters. The molecule has 0 heterocycles. The Morgan fingerprint density at radius 1 is 1.10 bits per heavy atom. The highest BCUT2D eigenvalue weighted by molar-refractivity contribution is 9.10. The average Bonchev–Trinajstić information content (AvgIpc) is 2.34. The molecule has 0 radical (unpaired) electrons. The number of nitrogen functional groups attached to an aromatic ring is 1. The van der Waals surface area contributed by atoms with E-state index < -0.39 is 10.0 Å². The molecular weight excluding hydrogens is 408 g/mol. The van der Waals surface area contributed by atoms with Gasteiger partial charge in [-0.2, -0.15) is 0 Å². The van der Waals surface area contributed by atoms with Crippen molar-refractivity contribution in [2.24, 2.45) is 0 Å². The van der Waals surface area contributed by atoms with Gasteiger partial charge in [0.2, 0.25) is 0 Å². The molecule has 0 aliphatic rings. The van der Waals surface area contributed by atoms with E-state index in [9.17, 15) is 8.42 Å². The molecule has 4 nitrogen and oxygen atoms in total. The van der Waals surface area contributed by atoms with Gasteiger partial charge in [-0.1, -0.05) is 15.9 Å². The average molecular weight is 420 g/mol. The Balaban J connectivity index is 2.41. The Kier molecular flexibility index (Phi) is 4.41. The van der Waals surface area contributed by atoms with Crippen LogP contribution in [0.1, 0.15) is 5.56 Å². The van der Waals surface area contributed by atoms with Gasteiger partial charge in [0.1, 0.15) is 0 Å². The lowest BCUT2D eigenvalue weighted by Crippen LogP contribution is -2.14. The minimum absolute atomic E-state index is 0.174. The van der Waals surface area contributed by atoms with Crippen molar-refractivity contribution in [1.29, 1.82) is 0 Å². The number of hydrogen-bond donors (Lipinski definition) is 2. The second-order valence-corrected chi connectivity index (χ2v) is 7.72. The van der Waals surface area contributed by atoms with Crippen LogP contribution in [0.3, 0.4) is 0 Å². The standard InChI is InChI=1S/C13H12Br2N2O2S/c1-8-6-11(15)13(12(16)7-8)17-20(18,19)10-4-2-9(14)3-5-10/h2-7,17H,16H2,1H3. The van der Waals surface area contributed by atoms with E-state index in [1.165, 1.54) is 12.1 Å². The smallest absolute Gasteiger partial charge is 0.261 e. The van der Waals surface area contributed by atoms with Crippen molar-refractivity contribution in [1.82, 2.24) is 0 Å². The highest BCUT2D eigenvalue weighted by Gasteiger charge is 2.17. The fraction of sp³-hybridized carbons (Fsp3) is 0.0769. The first-order chi connectivity index (χ1) is 9.29. The molecule has 3 N–H and O–H groups in total. The van der Waals surface area contributed by atoms with Crippen molar-refractivity contribution in [3.8, 4) is 0 Å². The second-order valence-electron chi connectivity index (χ2n) is 4.27. The van der Waals surface area contributed by atoms with Gasteiger partial charge >= 0.3 is 0 Å². The minimum atomic E-state index is -3.67. The minimum Gasteiger partial charge on any atom is -0.397 e. The van der Waals surface area contributed by atoms with Crippen LogP contribution >= 0.6 is 31.9 Å². The second kappa shape index (κ2) is 5.75. The van der Waals surface area contributed by atoms with Crippen LogP contribution < -0.4 is 10.5 Å². The van der Waals surface area contributed by atoms with E-state index in [1.807, 2.05) is 6.92 Å². The van der Waals surface area contributed by atoms with Gasteiger partial charge in [0, 0.05) is 8.95 Å². The van der Waals surface area contributed by atoms with Gasteiger partial charge in [0.15, 0.2) is 0 Å². The molecule has 7 heteroatoms. The Hall–Kier alpha value is -1.05. The van der Waals surface area contributed by atoms with Crippen molar-refractivity contribution in [3.63, 3.8) is 0 Å². The van der Waals surface area contributed by atoms with E-state index in [2.05, 4.69) is 36.6 Å². The number of rotatable bonds is 3. The number of anilines is 2. The number of aryl methyl sites for hydroxylation is 1. The fourth-order valence-electron chi connectivity index (χ4n) is 1.68. The molecule has 2 aromatic carbocycles. The summed E-state index contributed by atoms with van der Waals surface area (Å²) >= 11 is 6.59. The number of sulfonamides is 1. The van der Waals surface area contributed by atoms with Crippen molar-refractivity contribution in [2.75, 3.05) is 10.5 Å². The number of halogens is 2. The van der Waals surface area contributed by atoms with Crippen molar-refractivity contribution < 1.29 is 8.42 Å². The summed E-state index contributed by atoms with van der Waals surface area (Å²) in [5.41, 5.74) is 7.53. The molecule has 20 heavy (non-hydrogen) atoms. The summed E-state index contributed by atoms with van der Waals surface area (Å²) < 4.78 is 28.5. The molecule has 2 rings (SSSR count). The molecule has 2 aromatic rings. The van der Waals surface area contributed by atoms with Gasteiger partial charge < -0.3 is 5.73 Å². The predicted molar refractivity (Wildman–Crippen MR) is 88.2 cm³/mol. The number of nitrogens with two attached hydrogens (primary N) is 1. The SMILES string of the molecule is Cc1cc(N)c(NS(=O)(=O)c2ccc(Br)cc2)c(Br)c1. The van der Waals surface area contributed by atoms with Gasteiger partial charge in [-0.25, -0.2) is 8.42 Å². The predicted octanol–water partition coefficient (Wildman–Crippen LogP) is 3.90. The molecule has 0 saturated carbocycles. The number of hydrogen-bond acceptors (Lipinski definition) is 3. The third kappa shape index (κ3) is 3.34. The Morgan fingerprint density at radius 3 is 2.25 bits per heavy atom. The first-order valence-electron chi connectivity index (χ1n) is 5.63. The molecule has 0 aromatic heterocycles. The van der Waals surface area contributed by atoms with E-state index in [1.54, 1.807) is 24.3 Å². The molecule has 0 amide bonds. The summed E-state index contributed by atoms with van der Waals surface area (Å²) in [6.45, 7) is 1.88. The van der Waals surface area contributed by atoms with Crippen LogP contribution in [0.15, 0.2) is 50.2 Å².